The summed E-state index contributed by atoms with van der Waals surface area (Å²) in [5.41, 5.74) is 3.33. The third-order valence-electron chi connectivity index (χ3n) is 4.66. The minimum Gasteiger partial charge on any atom is -0.493 e. The van der Waals surface area contributed by atoms with Gasteiger partial charge in [-0.3, -0.25) is 4.79 Å². The van der Waals surface area contributed by atoms with Gasteiger partial charge in [-0.15, -0.1) is 11.3 Å². The van der Waals surface area contributed by atoms with Crippen LogP contribution in [0.1, 0.15) is 32.1 Å². The normalized spacial score (nSPS) is 12.2. The number of amides is 1. The minimum atomic E-state index is -0.511. The summed E-state index contributed by atoms with van der Waals surface area (Å²) < 4.78 is 10.4. The van der Waals surface area contributed by atoms with Crippen LogP contribution >= 0.6 is 11.3 Å². The molecule has 1 aromatic heterocycles. The Morgan fingerprint density at radius 3 is 2.79 bits per heavy atom. The summed E-state index contributed by atoms with van der Waals surface area (Å²) in [6.45, 7) is 0.685. The minimum absolute atomic E-state index is 0.195. The Morgan fingerprint density at radius 2 is 2.00 bits per heavy atom. The molecule has 0 saturated carbocycles. The molecule has 0 saturated heterocycles. The van der Waals surface area contributed by atoms with Gasteiger partial charge in [0.2, 0.25) is 5.91 Å². The van der Waals surface area contributed by atoms with Crippen molar-refractivity contribution in [2.45, 2.75) is 19.3 Å². The maximum Gasteiger partial charge on any atom is 0.357 e. The number of rotatable bonds is 6. The number of nitrogens with zero attached hydrogens (tertiary/aromatic N) is 1. The number of anilines is 1. The number of aromatic nitrogens is 1. The van der Waals surface area contributed by atoms with Crippen LogP contribution in [0.2, 0.25) is 0 Å². The summed E-state index contributed by atoms with van der Waals surface area (Å²) in [4.78, 5) is 29.7. The number of hydrogen-bond donors (Lipinski definition) is 1. The smallest absolute Gasteiger partial charge is 0.357 e. The molecule has 1 amide bonds. The highest BCUT2D eigenvalue weighted by Gasteiger charge is 2.20. The van der Waals surface area contributed by atoms with Gasteiger partial charge in [-0.2, -0.15) is 0 Å². The van der Waals surface area contributed by atoms with Gasteiger partial charge in [-0.05, 0) is 22.8 Å². The second-order valence-electron chi connectivity index (χ2n) is 6.71. The Bertz CT molecular complexity index is 1050. The highest BCUT2D eigenvalue weighted by molar-refractivity contribution is 7.16. The average molecular weight is 408 g/mol. The van der Waals surface area contributed by atoms with E-state index in [-0.39, 0.29) is 18.0 Å². The summed E-state index contributed by atoms with van der Waals surface area (Å²) in [5.74, 6) is 0.144. The molecule has 1 N–H and O–H groups in total. The van der Waals surface area contributed by atoms with Crippen molar-refractivity contribution in [1.29, 1.82) is 0 Å². The van der Waals surface area contributed by atoms with Crippen LogP contribution in [-0.2, 0) is 28.8 Å². The van der Waals surface area contributed by atoms with E-state index in [4.69, 9.17) is 9.47 Å². The second-order valence-corrected chi connectivity index (χ2v) is 7.79. The number of fused-ring (bicyclic) bond motifs is 1. The molecular weight excluding hydrogens is 388 g/mol. The molecule has 2 heterocycles. The van der Waals surface area contributed by atoms with Gasteiger partial charge >= 0.3 is 5.97 Å². The predicted molar refractivity (Wildman–Crippen MR) is 111 cm³/mol. The first-order valence-electron chi connectivity index (χ1n) is 9.29. The van der Waals surface area contributed by atoms with E-state index in [9.17, 15) is 9.59 Å². The zero-order valence-corrected chi connectivity index (χ0v) is 16.8. The quantitative estimate of drug-likeness (QED) is 0.630. The molecule has 7 heteroatoms. The molecule has 4 rings (SSSR count). The Hall–Kier alpha value is -3.19. The molecule has 0 bridgehead atoms. The Balaban J connectivity index is 1.49. The lowest BCUT2D eigenvalue weighted by molar-refractivity contribution is -0.115. The van der Waals surface area contributed by atoms with E-state index in [0.29, 0.717) is 18.2 Å². The van der Waals surface area contributed by atoms with Gasteiger partial charge in [0.1, 0.15) is 5.75 Å². The lowest BCUT2D eigenvalue weighted by Crippen LogP contribution is -2.14. The molecule has 0 radical (unpaired) electrons. The van der Waals surface area contributed by atoms with E-state index in [1.165, 1.54) is 24.0 Å². The Morgan fingerprint density at radius 1 is 1.17 bits per heavy atom. The third-order valence-corrected chi connectivity index (χ3v) is 5.63. The second kappa shape index (κ2) is 8.45. The maximum atomic E-state index is 12.5. The van der Waals surface area contributed by atoms with Gasteiger partial charge in [-0.25, -0.2) is 9.78 Å². The molecular formula is C22H20N2O4S. The van der Waals surface area contributed by atoms with E-state index in [2.05, 4.69) is 10.3 Å². The first kappa shape index (κ1) is 19.1. The molecule has 0 fully saturated rings. The standard InChI is InChI=1S/C22H20N2O4S/c1-27-21(26)20-18(12-14-5-3-2-4-6-14)29-22(24-20)23-19(25)13-15-7-8-16-9-10-28-17(16)11-15/h2-8,11H,9-10,12-13H2,1H3,(H,23,24,25). The first-order valence-corrected chi connectivity index (χ1v) is 10.1. The number of thiazole rings is 1. The van der Waals surface area contributed by atoms with Crippen molar-refractivity contribution in [2.24, 2.45) is 0 Å². The molecule has 2 aromatic carbocycles. The number of benzene rings is 2. The highest BCUT2D eigenvalue weighted by Crippen LogP contribution is 2.28. The Kier molecular flexibility index (Phi) is 5.57. The fourth-order valence-electron chi connectivity index (χ4n) is 3.23. The third kappa shape index (κ3) is 4.46. The van der Waals surface area contributed by atoms with Gasteiger partial charge in [0.05, 0.1) is 20.1 Å². The number of methoxy groups -OCH3 is 1. The molecule has 0 unspecified atom stereocenters. The van der Waals surface area contributed by atoms with Crippen LogP contribution in [0.4, 0.5) is 5.13 Å². The van der Waals surface area contributed by atoms with Gasteiger partial charge in [0.25, 0.3) is 0 Å². The lowest BCUT2D eigenvalue weighted by atomic mass is 10.1. The number of esters is 1. The zero-order valence-electron chi connectivity index (χ0n) is 15.9. The monoisotopic (exact) mass is 408 g/mol. The van der Waals surface area contributed by atoms with Crippen LogP contribution in [0.3, 0.4) is 0 Å². The Labute approximate surface area is 172 Å². The van der Waals surface area contributed by atoms with Crippen LogP contribution in [0.15, 0.2) is 48.5 Å². The van der Waals surface area contributed by atoms with Gasteiger partial charge in [-0.1, -0.05) is 42.5 Å². The van der Waals surface area contributed by atoms with Crippen LogP contribution < -0.4 is 10.1 Å². The number of carbonyl (C=O) groups is 2. The molecule has 0 spiro atoms. The molecule has 148 valence electrons. The fraction of sp³-hybridized carbons (Fsp3) is 0.227. The molecule has 0 aliphatic carbocycles. The summed E-state index contributed by atoms with van der Waals surface area (Å²) >= 11 is 1.29. The molecule has 29 heavy (non-hydrogen) atoms. The molecule has 0 atom stereocenters. The number of ether oxygens (including phenoxy) is 2. The first-order chi connectivity index (χ1) is 14.1. The number of nitrogens with one attached hydrogen (secondary N) is 1. The average Bonchev–Trinajstić information content (AvgIpc) is 3.34. The maximum absolute atomic E-state index is 12.5. The van der Waals surface area contributed by atoms with E-state index >= 15 is 0 Å². The van der Waals surface area contributed by atoms with Crippen LogP contribution in [0.25, 0.3) is 0 Å². The molecule has 1 aliphatic heterocycles. The van der Waals surface area contributed by atoms with E-state index in [1.807, 2.05) is 48.5 Å². The highest BCUT2D eigenvalue weighted by atomic mass is 32.1. The van der Waals surface area contributed by atoms with Crippen LogP contribution in [0.5, 0.6) is 5.75 Å². The van der Waals surface area contributed by atoms with E-state index < -0.39 is 5.97 Å². The van der Waals surface area contributed by atoms with Gasteiger partial charge in [0.15, 0.2) is 10.8 Å². The van der Waals surface area contributed by atoms with Gasteiger partial charge in [0, 0.05) is 17.7 Å². The number of hydrogen-bond acceptors (Lipinski definition) is 6. The van der Waals surface area contributed by atoms with E-state index in [1.54, 1.807) is 0 Å². The summed E-state index contributed by atoms with van der Waals surface area (Å²) in [6.07, 6.45) is 1.65. The summed E-state index contributed by atoms with van der Waals surface area (Å²) in [7, 11) is 1.32. The SMILES string of the molecule is COC(=O)c1nc(NC(=O)Cc2ccc3c(c2)OCC3)sc1Cc1ccccc1. The van der Waals surface area contributed by atoms with Crippen molar-refractivity contribution in [3.05, 3.63) is 75.8 Å². The fourth-order valence-corrected chi connectivity index (χ4v) is 4.23. The largest absolute Gasteiger partial charge is 0.493 e. The van der Waals surface area contributed by atoms with Crippen LogP contribution in [-0.4, -0.2) is 30.6 Å². The van der Waals surface area contributed by atoms with E-state index in [0.717, 1.165) is 28.2 Å². The number of carbonyl (C=O) groups excluding carboxylic acids is 2. The van der Waals surface area contributed by atoms with Crippen molar-refractivity contribution in [1.82, 2.24) is 4.98 Å². The van der Waals surface area contributed by atoms with Crippen molar-refractivity contribution < 1.29 is 19.1 Å². The van der Waals surface area contributed by atoms with Crippen molar-refractivity contribution >= 4 is 28.3 Å². The zero-order chi connectivity index (χ0) is 20.2. The van der Waals surface area contributed by atoms with Gasteiger partial charge < -0.3 is 14.8 Å². The lowest BCUT2D eigenvalue weighted by Gasteiger charge is -2.04. The molecule has 6 nitrogen and oxygen atoms in total. The van der Waals surface area contributed by atoms with Crippen LogP contribution in [0, 0.1) is 0 Å². The summed E-state index contributed by atoms with van der Waals surface area (Å²) in [5, 5.41) is 3.19. The summed E-state index contributed by atoms with van der Waals surface area (Å²) in [6, 6.07) is 15.6. The topological polar surface area (TPSA) is 77.5 Å². The van der Waals surface area contributed by atoms with Crippen molar-refractivity contribution in [2.75, 3.05) is 19.0 Å². The van der Waals surface area contributed by atoms with Crippen molar-refractivity contribution in [3.63, 3.8) is 0 Å². The van der Waals surface area contributed by atoms with Crippen molar-refractivity contribution in [3.8, 4) is 5.75 Å². The predicted octanol–water partition coefficient (Wildman–Crippen LogP) is 3.64. The molecule has 3 aromatic rings. The molecule has 1 aliphatic rings.